The lowest BCUT2D eigenvalue weighted by Gasteiger charge is -2.19. The van der Waals surface area contributed by atoms with E-state index in [0.717, 1.165) is 32.1 Å². The molecule has 1 unspecified atom stereocenters. The smallest absolute Gasteiger partial charge is 0.408 e. The fourth-order valence-electron chi connectivity index (χ4n) is 1.88. The first-order valence-electron chi connectivity index (χ1n) is 7.76. The third kappa shape index (κ3) is 9.11. The van der Waals surface area contributed by atoms with E-state index in [2.05, 4.69) is 22.5 Å². The highest BCUT2D eigenvalue weighted by Gasteiger charge is 2.16. The van der Waals surface area contributed by atoms with Gasteiger partial charge in [0.1, 0.15) is 5.60 Å². The number of hydrogen-bond donors (Lipinski definition) is 2. The van der Waals surface area contributed by atoms with Gasteiger partial charge in [-0.05, 0) is 40.0 Å². The monoisotopic (exact) mass is 310 g/mol. The van der Waals surface area contributed by atoms with E-state index in [9.17, 15) is 9.59 Å². The van der Waals surface area contributed by atoms with E-state index >= 15 is 0 Å². The van der Waals surface area contributed by atoms with Gasteiger partial charge in [-0.3, -0.25) is 0 Å². The first kappa shape index (κ1) is 18.1. The maximum Gasteiger partial charge on any atom is 0.408 e. The van der Waals surface area contributed by atoms with Crippen LogP contribution in [-0.4, -0.2) is 37.0 Å². The van der Waals surface area contributed by atoms with Crippen molar-refractivity contribution in [1.82, 2.24) is 10.6 Å². The Hall–Kier alpha value is -1.90. The predicted octanol–water partition coefficient (Wildman–Crippen LogP) is 2.57. The van der Waals surface area contributed by atoms with E-state index < -0.39 is 17.8 Å². The van der Waals surface area contributed by atoms with Crippen LogP contribution >= 0.6 is 0 Å². The quantitative estimate of drug-likeness (QED) is 0.618. The van der Waals surface area contributed by atoms with Gasteiger partial charge in [0.05, 0.1) is 0 Å². The van der Waals surface area contributed by atoms with Crippen LogP contribution in [0.15, 0.2) is 0 Å². The van der Waals surface area contributed by atoms with Gasteiger partial charge in [-0.2, -0.15) is 0 Å². The van der Waals surface area contributed by atoms with Crippen molar-refractivity contribution in [2.24, 2.45) is 0 Å². The van der Waals surface area contributed by atoms with Crippen molar-refractivity contribution in [3.63, 3.8) is 0 Å². The standard InChI is InChI=1S/C16H26N2O4/c1-16(2,3)22-15(20)18-12-11-17-14(19)21-13-9-7-5-4-6-8-10-13/h13H,4-7,9,11-12H2,1-3H3,(H,17,19)(H,18,20). The summed E-state index contributed by atoms with van der Waals surface area (Å²) in [4.78, 5) is 23.0. The summed E-state index contributed by atoms with van der Waals surface area (Å²) in [6.07, 6.45) is 3.54. The van der Waals surface area contributed by atoms with Gasteiger partial charge in [-0.1, -0.05) is 18.3 Å². The van der Waals surface area contributed by atoms with Crippen LogP contribution in [0.3, 0.4) is 0 Å². The molecule has 0 aliphatic heterocycles. The van der Waals surface area contributed by atoms with E-state index in [1.165, 1.54) is 0 Å². The van der Waals surface area contributed by atoms with Crippen molar-refractivity contribution in [3.8, 4) is 11.8 Å². The molecule has 0 saturated heterocycles. The number of hydrogen-bond acceptors (Lipinski definition) is 4. The maximum absolute atomic E-state index is 11.6. The van der Waals surface area contributed by atoms with Crippen LogP contribution < -0.4 is 10.6 Å². The van der Waals surface area contributed by atoms with Crippen LogP contribution in [0.4, 0.5) is 9.59 Å². The number of rotatable bonds is 4. The van der Waals surface area contributed by atoms with Crippen molar-refractivity contribution in [1.29, 1.82) is 0 Å². The fraction of sp³-hybridized carbons (Fsp3) is 0.750. The Kier molecular flexibility index (Phi) is 7.58. The summed E-state index contributed by atoms with van der Waals surface area (Å²) in [6, 6.07) is 0. The zero-order chi connectivity index (χ0) is 16.4. The molecule has 0 spiro atoms. The largest absolute Gasteiger partial charge is 0.444 e. The van der Waals surface area contributed by atoms with Crippen LogP contribution in [0.25, 0.3) is 0 Å². The molecule has 0 aromatic rings. The van der Waals surface area contributed by atoms with Crippen molar-refractivity contribution in [2.45, 2.75) is 64.6 Å². The summed E-state index contributed by atoms with van der Waals surface area (Å²) >= 11 is 0. The predicted molar refractivity (Wildman–Crippen MR) is 83.4 cm³/mol. The minimum atomic E-state index is -0.534. The molecule has 1 aliphatic rings. The molecule has 22 heavy (non-hydrogen) atoms. The molecule has 0 aromatic carbocycles. The summed E-state index contributed by atoms with van der Waals surface area (Å²) in [5, 5.41) is 5.14. The second-order valence-corrected chi connectivity index (χ2v) is 6.17. The fourth-order valence-corrected chi connectivity index (χ4v) is 1.88. The van der Waals surface area contributed by atoms with E-state index in [-0.39, 0.29) is 19.2 Å². The Bertz CT molecular complexity index is 432. The molecule has 0 fully saturated rings. The topological polar surface area (TPSA) is 76.7 Å². The van der Waals surface area contributed by atoms with Crippen LogP contribution in [0.1, 0.15) is 52.9 Å². The number of carbonyl (C=O) groups is 2. The Morgan fingerprint density at radius 3 is 2.45 bits per heavy atom. The van der Waals surface area contributed by atoms with Gasteiger partial charge in [0, 0.05) is 19.5 Å². The van der Waals surface area contributed by atoms with E-state index in [0.29, 0.717) is 0 Å². The highest BCUT2D eigenvalue weighted by atomic mass is 16.6. The first-order chi connectivity index (χ1) is 10.4. The van der Waals surface area contributed by atoms with Crippen molar-refractivity contribution < 1.29 is 19.1 Å². The SMILES string of the molecule is CC(C)(C)OC(=O)NCCNC(=O)OC1C#CCCCCC1. The van der Waals surface area contributed by atoms with Crippen LogP contribution in [-0.2, 0) is 9.47 Å². The number of alkyl carbamates (subject to hydrolysis) is 2. The minimum absolute atomic E-state index is 0.276. The summed E-state index contributed by atoms with van der Waals surface area (Å²) in [5.41, 5.74) is -0.534. The molecule has 0 bridgehead atoms. The van der Waals surface area contributed by atoms with Crippen molar-refractivity contribution >= 4 is 12.2 Å². The number of carbonyl (C=O) groups excluding carboxylic acids is 2. The molecule has 0 saturated carbocycles. The molecule has 6 heteroatoms. The third-order valence-corrected chi connectivity index (χ3v) is 2.84. The number of ether oxygens (including phenoxy) is 2. The Morgan fingerprint density at radius 1 is 1.09 bits per heavy atom. The summed E-state index contributed by atoms with van der Waals surface area (Å²) < 4.78 is 10.3. The maximum atomic E-state index is 11.6. The van der Waals surface area contributed by atoms with Gasteiger partial charge < -0.3 is 20.1 Å². The molecule has 1 atom stereocenters. The van der Waals surface area contributed by atoms with Gasteiger partial charge in [-0.25, -0.2) is 9.59 Å². The summed E-state index contributed by atoms with van der Waals surface area (Å²) in [5.74, 6) is 5.98. The molecule has 2 amide bonds. The second-order valence-electron chi connectivity index (χ2n) is 6.17. The molecule has 6 nitrogen and oxygen atoms in total. The highest BCUT2D eigenvalue weighted by Crippen LogP contribution is 2.10. The van der Waals surface area contributed by atoms with Gasteiger partial charge in [0.15, 0.2) is 6.10 Å². The summed E-state index contributed by atoms with van der Waals surface area (Å²) in [6.45, 7) is 5.92. The van der Waals surface area contributed by atoms with E-state index in [1.807, 2.05) is 0 Å². The number of nitrogens with one attached hydrogen (secondary N) is 2. The lowest BCUT2D eigenvalue weighted by atomic mass is 10.1. The molecular formula is C16H26N2O4. The summed E-state index contributed by atoms with van der Waals surface area (Å²) in [7, 11) is 0. The molecule has 0 aromatic heterocycles. The van der Waals surface area contributed by atoms with E-state index in [4.69, 9.17) is 9.47 Å². The van der Waals surface area contributed by atoms with Crippen LogP contribution in [0.5, 0.6) is 0 Å². The number of amides is 2. The molecule has 0 heterocycles. The molecule has 1 aliphatic carbocycles. The average molecular weight is 310 g/mol. The van der Waals surface area contributed by atoms with Gasteiger partial charge in [-0.15, -0.1) is 0 Å². The Morgan fingerprint density at radius 2 is 1.77 bits per heavy atom. The zero-order valence-electron chi connectivity index (χ0n) is 13.7. The molecular weight excluding hydrogens is 284 g/mol. The average Bonchev–Trinajstić information content (AvgIpc) is 2.35. The highest BCUT2D eigenvalue weighted by molar-refractivity contribution is 5.69. The minimum Gasteiger partial charge on any atom is -0.444 e. The second kappa shape index (κ2) is 9.19. The molecule has 2 N–H and O–H groups in total. The third-order valence-electron chi connectivity index (χ3n) is 2.84. The van der Waals surface area contributed by atoms with Crippen LogP contribution in [0.2, 0.25) is 0 Å². The first-order valence-corrected chi connectivity index (χ1v) is 7.76. The van der Waals surface area contributed by atoms with Crippen LogP contribution in [0, 0.1) is 11.8 Å². The Labute approximate surface area is 132 Å². The van der Waals surface area contributed by atoms with E-state index in [1.54, 1.807) is 20.8 Å². The van der Waals surface area contributed by atoms with Crippen molar-refractivity contribution in [3.05, 3.63) is 0 Å². The zero-order valence-corrected chi connectivity index (χ0v) is 13.7. The lowest BCUT2D eigenvalue weighted by molar-refractivity contribution is 0.0526. The van der Waals surface area contributed by atoms with Crippen molar-refractivity contribution in [2.75, 3.05) is 13.1 Å². The molecule has 124 valence electrons. The lowest BCUT2D eigenvalue weighted by Crippen LogP contribution is -2.38. The normalized spacial score (nSPS) is 18.0. The molecule has 1 rings (SSSR count). The van der Waals surface area contributed by atoms with Gasteiger partial charge >= 0.3 is 12.2 Å². The Balaban J connectivity index is 2.16. The van der Waals surface area contributed by atoms with Gasteiger partial charge in [0.25, 0.3) is 0 Å². The molecule has 0 radical (unpaired) electrons. The van der Waals surface area contributed by atoms with Gasteiger partial charge in [0.2, 0.25) is 0 Å².